The van der Waals surface area contributed by atoms with E-state index in [9.17, 15) is 9.18 Å². The lowest BCUT2D eigenvalue weighted by Crippen LogP contribution is -2.33. The Morgan fingerprint density at radius 2 is 1.96 bits per heavy atom. The minimum Gasteiger partial charge on any atom is -0.324 e. The predicted octanol–water partition coefficient (Wildman–Crippen LogP) is 3.16. The van der Waals surface area contributed by atoms with Crippen LogP contribution in [-0.2, 0) is 0 Å². The molecule has 0 radical (unpaired) electrons. The predicted molar refractivity (Wildman–Crippen MR) is 88.0 cm³/mol. The summed E-state index contributed by atoms with van der Waals surface area (Å²) in [5.74, 6) is 0.684. The third-order valence-electron chi connectivity index (χ3n) is 3.36. The molecule has 1 atom stereocenters. The SMILES string of the molecule is Cc1nc([C@@H](NC(=O)Nc2cccc(F)c2)c2ccccc2)n[nH]1. The first-order chi connectivity index (χ1) is 11.6. The number of carbonyl (C=O) groups excluding carboxylic acids is 1. The van der Waals surface area contributed by atoms with Crippen molar-refractivity contribution in [2.24, 2.45) is 0 Å². The molecule has 1 aromatic heterocycles. The van der Waals surface area contributed by atoms with Gasteiger partial charge in [0.25, 0.3) is 0 Å². The normalized spacial score (nSPS) is 11.8. The summed E-state index contributed by atoms with van der Waals surface area (Å²) in [5, 5.41) is 12.3. The van der Waals surface area contributed by atoms with Crippen LogP contribution in [0.3, 0.4) is 0 Å². The molecule has 3 N–H and O–H groups in total. The van der Waals surface area contributed by atoms with Crippen molar-refractivity contribution in [3.63, 3.8) is 0 Å². The first-order valence-electron chi connectivity index (χ1n) is 7.39. The van der Waals surface area contributed by atoms with E-state index in [4.69, 9.17) is 0 Å². The molecule has 122 valence electrons. The van der Waals surface area contributed by atoms with Gasteiger partial charge in [-0.2, -0.15) is 5.10 Å². The van der Waals surface area contributed by atoms with Crippen LogP contribution in [0.4, 0.5) is 14.9 Å². The van der Waals surface area contributed by atoms with Crippen LogP contribution < -0.4 is 10.6 Å². The highest BCUT2D eigenvalue weighted by Gasteiger charge is 2.20. The van der Waals surface area contributed by atoms with Gasteiger partial charge < -0.3 is 10.6 Å². The topological polar surface area (TPSA) is 82.7 Å². The highest BCUT2D eigenvalue weighted by Crippen LogP contribution is 2.19. The summed E-state index contributed by atoms with van der Waals surface area (Å²) in [4.78, 5) is 16.6. The smallest absolute Gasteiger partial charge is 0.320 e. The van der Waals surface area contributed by atoms with Crippen LogP contribution in [0.15, 0.2) is 54.6 Å². The van der Waals surface area contributed by atoms with Crippen molar-refractivity contribution >= 4 is 11.7 Å². The molecule has 3 rings (SSSR count). The van der Waals surface area contributed by atoms with Crippen LogP contribution in [0.1, 0.15) is 23.3 Å². The summed E-state index contributed by atoms with van der Waals surface area (Å²) in [6, 6.07) is 14.1. The van der Waals surface area contributed by atoms with Crippen molar-refractivity contribution in [1.82, 2.24) is 20.5 Å². The van der Waals surface area contributed by atoms with Crippen molar-refractivity contribution < 1.29 is 9.18 Å². The number of nitrogens with one attached hydrogen (secondary N) is 3. The zero-order chi connectivity index (χ0) is 16.9. The lowest BCUT2D eigenvalue weighted by Gasteiger charge is -2.17. The van der Waals surface area contributed by atoms with E-state index < -0.39 is 17.9 Å². The summed E-state index contributed by atoms with van der Waals surface area (Å²) in [6.07, 6.45) is 0. The molecule has 0 aliphatic rings. The molecule has 0 spiro atoms. The van der Waals surface area contributed by atoms with Crippen LogP contribution in [0.25, 0.3) is 0 Å². The minimum atomic E-state index is -0.523. The van der Waals surface area contributed by atoms with E-state index in [2.05, 4.69) is 25.8 Å². The number of urea groups is 1. The Bertz CT molecular complexity index is 834. The number of amides is 2. The van der Waals surface area contributed by atoms with Gasteiger partial charge in [-0.1, -0.05) is 36.4 Å². The minimum absolute atomic E-state index is 0.366. The number of aryl methyl sites for hydroxylation is 1. The van der Waals surface area contributed by atoms with E-state index in [-0.39, 0.29) is 0 Å². The number of anilines is 1. The number of rotatable bonds is 4. The number of hydrogen-bond acceptors (Lipinski definition) is 3. The van der Waals surface area contributed by atoms with Crippen molar-refractivity contribution in [3.05, 3.63) is 77.6 Å². The number of nitrogens with zero attached hydrogens (tertiary/aromatic N) is 2. The standard InChI is InChI=1S/C17H16FN5O/c1-11-19-16(23-22-11)15(12-6-3-2-4-7-12)21-17(24)20-14-9-5-8-13(18)10-14/h2-10,15H,1H3,(H,19,22,23)(H2,20,21,24)/t15-/m0/s1. The average molecular weight is 325 g/mol. The van der Waals surface area contributed by atoms with Crippen LogP contribution in [0.2, 0.25) is 0 Å². The van der Waals surface area contributed by atoms with Gasteiger partial charge in [0.1, 0.15) is 17.7 Å². The number of aromatic amines is 1. The van der Waals surface area contributed by atoms with E-state index in [1.165, 1.54) is 18.2 Å². The third kappa shape index (κ3) is 3.75. The number of carbonyl (C=O) groups is 1. The van der Waals surface area contributed by atoms with E-state index in [0.29, 0.717) is 17.3 Å². The number of hydrogen-bond donors (Lipinski definition) is 3. The number of halogens is 1. The maximum atomic E-state index is 13.2. The molecule has 7 heteroatoms. The van der Waals surface area contributed by atoms with Gasteiger partial charge >= 0.3 is 6.03 Å². The molecule has 3 aromatic rings. The van der Waals surface area contributed by atoms with Crippen LogP contribution in [0.5, 0.6) is 0 Å². The molecule has 0 saturated carbocycles. The summed E-state index contributed by atoms with van der Waals surface area (Å²) >= 11 is 0. The van der Waals surface area contributed by atoms with Crippen molar-refractivity contribution in [1.29, 1.82) is 0 Å². The molecule has 0 saturated heterocycles. The van der Waals surface area contributed by atoms with Gasteiger partial charge in [-0.05, 0) is 30.7 Å². The van der Waals surface area contributed by atoms with E-state index in [1.807, 2.05) is 30.3 Å². The van der Waals surface area contributed by atoms with E-state index >= 15 is 0 Å². The summed E-state index contributed by atoms with van der Waals surface area (Å²) in [6.45, 7) is 1.78. The Kier molecular flexibility index (Phi) is 4.51. The Labute approximate surface area is 138 Å². The zero-order valence-corrected chi connectivity index (χ0v) is 13.0. The van der Waals surface area contributed by atoms with Gasteiger partial charge in [0.05, 0.1) is 0 Å². The Morgan fingerprint density at radius 3 is 2.62 bits per heavy atom. The second kappa shape index (κ2) is 6.91. The molecular formula is C17H16FN5O. The van der Waals surface area contributed by atoms with Crippen LogP contribution in [-0.4, -0.2) is 21.2 Å². The molecule has 2 amide bonds. The van der Waals surface area contributed by atoms with Gasteiger partial charge in [0.2, 0.25) is 0 Å². The van der Waals surface area contributed by atoms with Crippen molar-refractivity contribution in [2.45, 2.75) is 13.0 Å². The molecule has 24 heavy (non-hydrogen) atoms. The second-order valence-corrected chi connectivity index (χ2v) is 5.23. The average Bonchev–Trinajstić information content (AvgIpc) is 3.00. The Hall–Kier alpha value is -3.22. The lowest BCUT2D eigenvalue weighted by molar-refractivity contribution is 0.249. The van der Waals surface area contributed by atoms with Crippen LogP contribution in [0, 0.1) is 12.7 Å². The Morgan fingerprint density at radius 1 is 1.17 bits per heavy atom. The van der Waals surface area contributed by atoms with Gasteiger partial charge in [0.15, 0.2) is 5.82 Å². The summed E-state index contributed by atoms with van der Waals surface area (Å²) < 4.78 is 13.2. The summed E-state index contributed by atoms with van der Waals surface area (Å²) in [5.41, 5.74) is 1.20. The zero-order valence-electron chi connectivity index (χ0n) is 13.0. The molecule has 0 aliphatic carbocycles. The third-order valence-corrected chi connectivity index (χ3v) is 3.36. The fourth-order valence-corrected chi connectivity index (χ4v) is 2.30. The highest BCUT2D eigenvalue weighted by molar-refractivity contribution is 5.89. The fraction of sp³-hybridized carbons (Fsp3) is 0.118. The van der Waals surface area contributed by atoms with Gasteiger partial charge in [-0.15, -0.1) is 0 Å². The molecule has 0 fully saturated rings. The molecule has 2 aromatic carbocycles. The van der Waals surface area contributed by atoms with Crippen LogP contribution >= 0.6 is 0 Å². The van der Waals surface area contributed by atoms with Crippen molar-refractivity contribution in [3.8, 4) is 0 Å². The first-order valence-corrected chi connectivity index (χ1v) is 7.39. The molecule has 0 bridgehead atoms. The van der Waals surface area contributed by atoms with Gasteiger partial charge in [0, 0.05) is 5.69 Å². The lowest BCUT2D eigenvalue weighted by atomic mass is 10.1. The molecule has 0 unspecified atom stereocenters. The van der Waals surface area contributed by atoms with Gasteiger partial charge in [-0.3, -0.25) is 5.10 Å². The number of benzene rings is 2. The first kappa shape index (κ1) is 15.7. The quantitative estimate of drug-likeness (QED) is 0.689. The van der Waals surface area contributed by atoms with Crippen molar-refractivity contribution in [2.75, 3.05) is 5.32 Å². The second-order valence-electron chi connectivity index (χ2n) is 5.23. The van der Waals surface area contributed by atoms with E-state index in [1.54, 1.807) is 13.0 Å². The molecular weight excluding hydrogens is 309 g/mol. The fourth-order valence-electron chi connectivity index (χ4n) is 2.30. The molecule has 1 heterocycles. The van der Waals surface area contributed by atoms with E-state index in [0.717, 1.165) is 5.56 Å². The van der Waals surface area contributed by atoms with Gasteiger partial charge in [-0.25, -0.2) is 14.2 Å². The largest absolute Gasteiger partial charge is 0.324 e. The molecule has 6 nitrogen and oxygen atoms in total. The highest BCUT2D eigenvalue weighted by atomic mass is 19.1. The molecule has 0 aliphatic heterocycles. The number of aromatic nitrogens is 3. The maximum Gasteiger partial charge on any atom is 0.320 e. The monoisotopic (exact) mass is 325 g/mol. The number of H-pyrrole nitrogens is 1. The maximum absolute atomic E-state index is 13.2. The Balaban J connectivity index is 1.80. The summed E-state index contributed by atoms with van der Waals surface area (Å²) in [7, 11) is 0.